The van der Waals surface area contributed by atoms with Crippen LogP contribution < -0.4 is 0 Å². The maximum absolute atomic E-state index is 12.7. The molecule has 0 aliphatic carbocycles. The maximum Gasteiger partial charge on any atom is 0.311 e. The fraction of sp³-hybridized carbons (Fsp3) is 0.333. The minimum absolute atomic E-state index is 0.184. The number of nitrogens with zero attached hydrogens (tertiary/aromatic N) is 4. The summed E-state index contributed by atoms with van der Waals surface area (Å²) in [6, 6.07) is 7.10. The van der Waals surface area contributed by atoms with Crippen LogP contribution in [0, 0.1) is 5.41 Å². The average molecular weight is 300 g/mol. The summed E-state index contributed by atoms with van der Waals surface area (Å²) >= 11 is 0. The summed E-state index contributed by atoms with van der Waals surface area (Å²) in [6.45, 7) is 2.33. The van der Waals surface area contributed by atoms with Crippen molar-refractivity contribution in [3.8, 4) is 5.69 Å². The molecule has 1 saturated heterocycles. The molecule has 0 bridgehead atoms. The highest BCUT2D eigenvalue weighted by molar-refractivity contribution is 5.98. The molecule has 1 amide bonds. The fourth-order valence-corrected chi connectivity index (χ4v) is 2.67. The highest BCUT2D eigenvalue weighted by Crippen LogP contribution is 2.31. The SMILES string of the molecule is CC1(C(=O)O)CCN(C(=O)c2ccccc2-n2ccnn2)C1. The van der Waals surface area contributed by atoms with E-state index in [2.05, 4.69) is 10.3 Å². The smallest absolute Gasteiger partial charge is 0.311 e. The first-order chi connectivity index (χ1) is 10.5. The Bertz CT molecular complexity index is 713. The third kappa shape index (κ3) is 2.34. The summed E-state index contributed by atoms with van der Waals surface area (Å²) in [5.74, 6) is -1.05. The average Bonchev–Trinajstić information content (AvgIpc) is 3.17. The number of amides is 1. The van der Waals surface area contributed by atoms with E-state index in [1.54, 1.807) is 42.4 Å². The lowest BCUT2D eigenvalue weighted by Gasteiger charge is -2.21. The molecule has 2 heterocycles. The van der Waals surface area contributed by atoms with Crippen molar-refractivity contribution >= 4 is 11.9 Å². The lowest BCUT2D eigenvalue weighted by atomic mass is 9.90. The molecule has 7 heteroatoms. The number of likely N-dealkylation sites (tertiary alicyclic amines) is 1. The van der Waals surface area contributed by atoms with E-state index in [9.17, 15) is 14.7 Å². The second-order valence-corrected chi connectivity index (χ2v) is 5.71. The molecular formula is C15H16N4O3. The largest absolute Gasteiger partial charge is 0.481 e. The molecule has 7 nitrogen and oxygen atoms in total. The van der Waals surface area contributed by atoms with Crippen LogP contribution in [0.15, 0.2) is 36.7 Å². The number of para-hydroxylation sites is 1. The van der Waals surface area contributed by atoms with Gasteiger partial charge in [-0.3, -0.25) is 9.59 Å². The number of carboxylic acid groups (broad SMARTS) is 1. The molecule has 0 spiro atoms. The minimum Gasteiger partial charge on any atom is -0.481 e. The van der Waals surface area contributed by atoms with Gasteiger partial charge in [-0.1, -0.05) is 17.3 Å². The first-order valence-corrected chi connectivity index (χ1v) is 7.00. The predicted octanol–water partition coefficient (Wildman–Crippen LogP) is 1.20. The lowest BCUT2D eigenvalue weighted by molar-refractivity contribution is -0.147. The quantitative estimate of drug-likeness (QED) is 0.920. The number of aliphatic carboxylic acids is 1. The van der Waals surface area contributed by atoms with Crippen LogP contribution in [0.4, 0.5) is 0 Å². The van der Waals surface area contributed by atoms with Crippen molar-refractivity contribution in [1.29, 1.82) is 0 Å². The molecular weight excluding hydrogens is 284 g/mol. The van der Waals surface area contributed by atoms with Gasteiger partial charge < -0.3 is 10.0 Å². The Balaban J connectivity index is 1.90. The first kappa shape index (κ1) is 14.2. The molecule has 1 N–H and O–H groups in total. The summed E-state index contributed by atoms with van der Waals surface area (Å²) in [5.41, 5.74) is 0.245. The van der Waals surface area contributed by atoms with Gasteiger partial charge in [0.25, 0.3) is 5.91 Å². The molecule has 1 aromatic heterocycles. The molecule has 114 valence electrons. The first-order valence-electron chi connectivity index (χ1n) is 7.00. The Hall–Kier alpha value is -2.70. The van der Waals surface area contributed by atoms with Gasteiger partial charge >= 0.3 is 5.97 Å². The van der Waals surface area contributed by atoms with Gasteiger partial charge in [-0.05, 0) is 25.5 Å². The molecule has 1 aliphatic heterocycles. The zero-order valence-corrected chi connectivity index (χ0v) is 12.1. The van der Waals surface area contributed by atoms with E-state index < -0.39 is 11.4 Å². The lowest BCUT2D eigenvalue weighted by Crippen LogP contribution is -2.35. The number of hydrogen-bond acceptors (Lipinski definition) is 4. The van der Waals surface area contributed by atoms with E-state index in [-0.39, 0.29) is 12.5 Å². The monoisotopic (exact) mass is 300 g/mol. The van der Waals surface area contributed by atoms with Crippen LogP contribution >= 0.6 is 0 Å². The molecule has 1 aliphatic rings. The standard InChI is InChI=1S/C15H16N4O3/c1-15(14(21)22)6-8-18(10-15)13(20)11-4-2-3-5-12(11)19-9-7-16-17-19/h2-5,7,9H,6,8,10H2,1H3,(H,21,22). The molecule has 1 atom stereocenters. The van der Waals surface area contributed by atoms with Gasteiger partial charge in [0, 0.05) is 13.1 Å². The summed E-state index contributed by atoms with van der Waals surface area (Å²) in [5, 5.41) is 17.0. The maximum atomic E-state index is 12.7. The number of benzene rings is 1. The second-order valence-electron chi connectivity index (χ2n) is 5.71. The van der Waals surface area contributed by atoms with Crippen LogP contribution in [-0.2, 0) is 4.79 Å². The third-order valence-corrected chi connectivity index (χ3v) is 4.08. The fourth-order valence-electron chi connectivity index (χ4n) is 2.67. The molecule has 22 heavy (non-hydrogen) atoms. The topological polar surface area (TPSA) is 88.3 Å². The van der Waals surface area contributed by atoms with E-state index in [1.807, 2.05) is 6.07 Å². The Kier molecular flexibility index (Phi) is 3.40. The Morgan fingerprint density at radius 3 is 2.73 bits per heavy atom. The van der Waals surface area contributed by atoms with E-state index in [4.69, 9.17) is 0 Å². The van der Waals surface area contributed by atoms with E-state index >= 15 is 0 Å². The van der Waals surface area contributed by atoms with Gasteiger partial charge in [0.2, 0.25) is 0 Å². The molecule has 0 saturated carbocycles. The van der Waals surface area contributed by atoms with Crippen LogP contribution in [-0.4, -0.2) is 50.0 Å². The highest BCUT2D eigenvalue weighted by atomic mass is 16.4. The summed E-state index contributed by atoms with van der Waals surface area (Å²) in [7, 11) is 0. The number of carbonyl (C=O) groups excluding carboxylic acids is 1. The van der Waals surface area contributed by atoms with Crippen molar-refractivity contribution in [3.63, 3.8) is 0 Å². The molecule has 2 aromatic rings. The Labute approximate surface area is 127 Å². The number of carboxylic acids is 1. The van der Waals surface area contributed by atoms with Gasteiger partial charge in [0.15, 0.2) is 0 Å². The minimum atomic E-state index is -0.877. The van der Waals surface area contributed by atoms with Gasteiger partial charge in [-0.2, -0.15) is 0 Å². The van der Waals surface area contributed by atoms with Crippen molar-refractivity contribution in [1.82, 2.24) is 19.9 Å². The second kappa shape index (κ2) is 5.25. The molecule has 1 aromatic carbocycles. The van der Waals surface area contributed by atoms with Crippen LogP contribution in [0.2, 0.25) is 0 Å². The highest BCUT2D eigenvalue weighted by Gasteiger charge is 2.42. The van der Waals surface area contributed by atoms with Crippen molar-refractivity contribution in [2.75, 3.05) is 13.1 Å². The van der Waals surface area contributed by atoms with Crippen molar-refractivity contribution in [2.24, 2.45) is 5.41 Å². The van der Waals surface area contributed by atoms with E-state index in [1.165, 1.54) is 4.68 Å². The Morgan fingerprint density at radius 2 is 2.09 bits per heavy atom. The van der Waals surface area contributed by atoms with E-state index in [0.717, 1.165) is 0 Å². The number of aromatic nitrogens is 3. The zero-order valence-electron chi connectivity index (χ0n) is 12.1. The van der Waals surface area contributed by atoms with E-state index in [0.29, 0.717) is 24.2 Å². The summed E-state index contributed by atoms with van der Waals surface area (Å²) in [6.07, 6.45) is 3.66. The van der Waals surface area contributed by atoms with Gasteiger partial charge in [0.05, 0.1) is 29.1 Å². The number of hydrogen-bond donors (Lipinski definition) is 1. The van der Waals surface area contributed by atoms with Crippen LogP contribution in [0.1, 0.15) is 23.7 Å². The molecule has 1 unspecified atom stereocenters. The summed E-state index contributed by atoms with van der Waals surface area (Å²) in [4.78, 5) is 25.7. The van der Waals surface area contributed by atoms with Crippen LogP contribution in [0.5, 0.6) is 0 Å². The molecule has 1 fully saturated rings. The third-order valence-electron chi connectivity index (χ3n) is 4.08. The number of rotatable bonds is 3. The van der Waals surface area contributed by atoms with Gasteiger partial charge in [-0.25, -0.2) is 4.68 Å². The van der Waals surface area contributed by atoms with Crippen LogP contribution in [0.3, 0.4) is 0 Å². The molecule has 3 rings (SSSR count). The molecule has 0 radical (unpaired) electrons. The zero-order chi connectivity index (χ0) is 15.7. The Morgan fingerprint density at radius 1 is 1.32 bits per heavy atom. The van der Waals surface area contributed by atoms with Crippen molar-refractivity contribution in [2.45, 2.75) is 13.3 Å². The van der Waals surface area contributed by atoms with Crippen LogP contribution in [0.25, 0.3) is 5.69 Å². The normalized spacial score (nSPS) is 21.0. The number of carbonyl (C=O) groups is 2. The van der Waals surface area contributed by atoms with Gasteiger partial charge in [-0.15, -0.1) is 5.10 Å². The van der Waals surface area contributed by atoms with Gasteiger partial charge in [0.1, 0.15) is 0 Å². The van der Waals surface area contributed by atoms with Crippen molar-refractivity contribution in [3.05, 3.63) is 42.2 Å². The predicted molar refractivity (Wildman–Crippen MR) is 77.6 cm³/mol. The van der Waals surface area contributed by atoms with Crippen molar-refractivity contribution < 1.29 is 14.7 Å². The summed E-state index contributed by atoms with van der Waals surface area (Å²) < 4.78 is 1.53.